The summed E-state index contributed by atoms with van der Waals surface area (Å²) in [5.41, 5.74) is 1.77. The highest BCUT2D eigenvalue weighted by Crippen LogP contribution is 2.37. The summed E-state index contributed by atoms with van der Waals surface area (Å²) in [5.74, 6) is 2.56. The Morgan fingerprint density at radius 3 is 2.18 bits per heavy atom. The number of pyridine rings is 2. The van der Waals surface area contributed by atoms with Crippen LogP contribution in [0.2, 0.25) is 0 Å². The van der Waals surface area contributed by atoms with Crippen molar-refractivity contribution >= 4 is 17.2 Å². The molecule has 0 atom stereocenters. The van der Waals surface area contributed by atoms with Gasteiger partial charge in [-0.25, -0.2) is 4.98 Å². The zero-order valence-electron chi connectivity index (χ0n) is 18.2. The smallest absolute Gasteiger partial charge is 0.221 e. The zero-order chi connectivity index (χ0) is 23.2. The molecule has 5 rings (SSSR count). The lowest BCUT2D eigenvalue weighted by molar-refractivity contribution is 0.403. The fourth-order valence-corrected chi connectivity index (χ4v) is 3.45. The summed E-state index contributed by atoms with van der Waals surface area (Å²) in [6, 6.07) is 35.5. The van der Waals surface area contributed by atoms with Gasteiger partial charge in [0.25, 0.3) is 0 Å². The number of hydrogen-bond donors (Lipinski definition) is 1. The molecule has 0 saturated carbocycles. The second-order valence-corrected chi connectivity index (χ2v) is 7.34. The zero-order valence-corrected chi connectivity index (χ0v) is 18.2. The van der Waals surface area contributed by atoms with E-state index in [1.165, 1.54) is 0 Å². The van der Waals surface area contributed by atoms with E-state index >= 15 is 0 Å². The van der Waals surface area contributed by atoms with E-state index in [0.717, 1.165) is 11.4 Å². The van der Waals surface area contributed by atoms with Gasteiger partial charge in [0.1, 0.15) is 11.6 Å². The van der Waals surface area contributed by atoms with Crippen LogP contribution in [0.25, 0.3) is 0 Å². The topological polar surface area (TPSA) is 67.7 Å². The number of nitrogens with zero attached hydrogens (tertiary/aromatic N) is 3. The first-order valence-corrected chi connectivity index (χ1v) is 10.7. The number of hydrogen-bond acceptors (Lipinski definition) is 6. The van der Waals surface area contributed by atoms with Gasteiger partial charge in [0.15, 0.2) is 11.5 Å². The first-order valence-electron chi connectivity index (χ1n) is 10.7. The van der Waals surface area contributed by atoms with Crippen molar-refractivity contribution in [1.82, 2.24) is 9.97 Å². The van der Waals surface area contributed by atoms with E-state index in [1.807, 2.05) is 89.8 Å². The molecule has 0 aliphatic rings. The van der Waals surface area contributed by atoms with Gasteiger partial charge in [0.05, 0.1) is 5.69 Å². The summed E-state index contributed by atoms with van der Waals surface area (Å²) in [5, 5.41) is 10.1. The first-order chi connectivity index (χ1) is 16.8. The first kappa shape index (κ1) is 21.0. The molecule has 6 heteroatoms. The Morgan fingerprint density at radius 2 is 1.35 bits per heavy atom. The molecule has 0 amide bonds. The molecule has 0 aliphatic heterocycles. The average Bonchev–Trinajstić information content (AvgIpc) is 2.88. The van der Waals surface area contributed by atoms with Crippen LogP contribution in [0, 0.1) is 0 Å². The maximum Gasteiger partial charge on any atom is 0.221 e. The van der Waals surface area contributed by atoms with Crippen LogP contribution in [0.3, 0.4) is 0 Å². The summed E-state index contributed by atoms with van der Waals surface area (Å²) < 4.78 is 11.8. The normalized spacial score (nSPS) is 10.5. The molecule has 0 bridgehead atoms. The van der Waals surface area contributed by atoms with Gasteiger partial charge in [-0.2, -0.15) is 4.98 Å². The molecule has 3 aromatic carbocycles. The molecule has 0 fully saturated rings. The van der Waals surface area contributed by atoms with Crippen molar-refractivity contribution in [2.45, 2.75) is 0 Å². The van der Waals surface area contributed by atoms with Gasteiger partial charge in [0.2, 0.25) is 11.8 Å². The summed E-state index contributed by atoms with van der Waals surface area (Å²) in [4.78, 5) is 11.0. The standard InChI is InChI=1S/C28H21N3O3/c32-24-14-4-5-15-25(24)34-28-18-9-16-26(30-28)31(21-10-2-1-3-11-21)22-12-8-13-23(20-22)33-27-17-6-7-19-29-27/h1-20,32H. The molecule has 0 unspecified atom stereocenters. The van der Waals surface area contributed by atoms with Crippen LogP contribution in [-0.2, 0) is 0 Å². The van der Waals surface area contributed by atoms with Crippen LogP contribution in [-0.4, -0.2) is 15.1 Å². The molecule has 0 radical (unpaired) electrons. The number of aromatic hydroxyl groups is 1. The molecule has 6 nitrogen and oxygen atoms in total. The third kappa shape index (κ3) is 4.81. The predicted molar refractivity (Wildman–Crippen MR) is 131 cm³/mol. The van der Waals surface area contributed by atoms with Crippen LogP contribution in [0.15, 0.2) is 121 Å². The number of aromatic nitrogens is 2. The molecule has 34 heavy (non-hydrogen) atoms. The van der Waals surface area contributed by atoms with Gasteiger partial charge in [-0.1, -0.05) is 48.5 Å². The van der Waals surface area contributed by atoms with E-state index in [4.69, 9.17) is 14.5 Å². The minimum atomic E-state index is 0.0500. The van der Waals surface area contributed by atoms with E-state index in [-0.39, 0.29) is 5.75 Å². The lowest BCUT2D eigenvalue weighted by Crippen LogP contribution is -2.11. The third-order valence-corrected chi connectivity index (χ3v) is 4.97. The summed E-state index contributed by atoms with van der Waals surface area (Å²) >= 11 is 0. The number of anilines is 3. The van der Waals surface area contributed by atoms with Crippen molar-refractivity contribution in [3.8, 4) is 29.0 Å². The van der Waals surface area contributed by atoms with Gasteiger partial charge in [-0.05, 0) is 48.5 Å². The Labute approximate surface area is 197 Å². The average molecular weight is 447 g/mol. The molecule has 166 valence electrons. The lowest BCUT2D eigenvalue weighted by Gasteiger charge is -2.25. The highest BCUT2D eigenvalue weighted by atomic mass is 16.5. The monoisotopic (exact) mass is 447 g/mol. The van der Waals surface area contributed by atoms with Gasteiger partial charge < -0.3 is 14.6 Å². The fourth-order valence-electron chi connectivity index (χ4n) is 3.45. The van der Waals surface area contributed by atoms with E-state index in [0.29, 0.717) is 29.1 Å². The van der Waals surface area contributed by atoms with Crippen LogP contribution in [0.5, 0.6) is 29.0 Å². The van der Waals surface area contributed by atoms with Crippen LogP contribution >= 0.6 is 0 Å². The number of benzene rings is 3. The highest BCUT2D eigenvalue weighted by Gasteiger charge is 2.16. The molecular weight excluding hydrogens is 426 g/mol. The third-order valence-electron chi connectivity index (χ3n) is 4.97. The number of rotatable bonds is 7. The van der Waals surface area contributed by atoms with Gasteiger partial charge >= 0.3 is 0 Å². The molecule has 0 saturated heterocycles. The molecule has 5 aromatic rings. The van der Waals surface area contributed by atoms with Crippen molar-refractivity contribution < 1.29 is 14.6 Å². The second-order valence-electron chi connectivity index (χ2n) is 7.34. The maximum atomic E-state index is 10.1. The highest BCUT2D eigenvalue weighted by molar-refractivity contribution is 5.75. The quantitative estimate of drug-likeness (QED) is 0.284. The van der Waals surface area contributed by atoms with Crippen LogP contribution in [0.1, 0.15) is 0 Å². The molecule has 1 N–H and O–H groups in total. The molecular formula is C28H21N3O3. The van der Waals surface area contributed by atoms with Crippen molar-refractivity contribution in [2.24, 2.45) is 0 Å². The minimum absolute atomic E-state index is 0.0500. The SMILES string of the molecule is Oc1ccccc1Oc1cccc(N(c2ccccc2)c2cccc(Oc3ccccn3)c2)n1. The number of phenols is 1. The minimum Gasteiger partial charge on any atom is -0.504 e. The summed E-state index contributed by atoms with van der Waals surface area (Å²) in [6.45, 7) is 0. The number of para-hydroxylation sites is 3. The summed E-state index contributed by atoms with van der Waals surface area (Å²) in [6.07, 6.45) is 1.69. The van der Waals surface area contributed by atoms with Crippen molar-refractivity contribution in [2.75, 3.05) is 4.90 Å². The van der Waals surface area contributed by atoms with E-state index in [9.17, 15) is 5.11 Å². The van der Waals surface area contributed by atoms with Crippen LogP contribution in [0.4, 0.5) is 17.2 Å². The van der Waals surface area contributed by atoms with Crippen LogP contribution < -0.4 is 14.4 Å². The van der Waals surface area contributed by atoms with Crippen molar-refractivity contribution in [3.05, 3.63) is 121 Å². The Bertz CT molecular complexity index is 1380. The number of ether oxygens (including phenoxy) is 2. The van der Waals surface area contributed by atoms with Gasteiger partial charge in [-0.15, -0.1) is 0 Å². The van der Waals surface area contributed by atoms with Gasteiger partial charge in [-0.3, -0.25) is 4.90 Å². The molecule has 2 heterocycles. The molecule has 0 spiro atoms. The van der Waals surface area contributed by atoms with Crippen molar-refractivity contribution in [3.63, 3.8) is 0 Å². The Kier molecular flexibility index (Phi) is 6.03. The van der Waals surface area contributed by atoms with E-state index in [2.05, 4.69) is 4.98 Å². The molecule has 2 aromatic heterocycles. The second kappa shape index (κ2) is 9.75. The lowest BCUT2D eigenvalue weighted by atomic mass is 10.2. The predicted octanol–water partition coefficient (Wildman–Crippen LogP) is 7.24. The Balaban J connectivity index is 1.52. The number of phenolic OH excluding ortho intramolecular Hbond substituents is 1. The molecule has 0 aliphatic carbocycles. The Hall–Kier alpha value is -4.84. The van der Waals surface area contributed by atoms with Gasteiger partial charge in [0, 0.05) is 30.1 Å². The van der Waals surface area contributed by atoms with E-state index in [1.54, 1.807) is 36.5 Å². The largest absolute Gasteiger partial charge is 0.504 e. The Morgan fingerprint density at radius 1 is 0.618 bits per heavy atom. The fraction of sp³-hybridized carbons (Fsp3) is 0. The maximum absolute atomic E-state index is 10.1. The summed E-state index contributed by atoms with van der Waals surface area (Å²) in [7, 11) is 0. The van der Waals surface area contributed by atoms with E-state index < -0.39 is 0 Å². The van der Waals surface area contributed by atoms with Crippen molar-refractivity contribution in [1.29, 1.82) is 0 Å².